The first-order valence-corrected chi connectivity index (χ1v) is 4.48. The molecule has 0 aliphatic carbocycles. The average Bonchev–Trinajstić information content (AvgIpc) is 2.48. The maximum absolute atomic E-state index is 11.2. The first-order valence-electron chi connectivity index (χ1n) is 4.48. The van der Waals surface area contributed by atoms with Crippen molar-refractivity contribution < 1.29 is 9.90 Å². The Hall–Kier alpha value is -1.71. The SMILES string of the molecule is CN1C(=O)NCC1c1cccc(O)c1. The minimum Gasteiger partial charge on any atom is -0.508 e. The van der Waals surface area contributed by atoms with Gasteiger partial charge in [-0.2, -0.15) is 0 Å². The molecule has 14 heavy (non-hydrogen) atoms. The molecule has 1 heterocycles. The summed E-state index contributed by atoms with van der Waals surface area (Å²) in [6.07, 6.45) is 0. The largest absolute Gasteiger partial charge is 0.508 e. The Balaban J connectivity index is 2.28. The Kier molecular flexibility index (Phi) is 2.04. The third-order valence-corrected chi connectivity index (χ3v) is 2.49. The number of likely N-dealkylation sites (N-methyl/N-ethyl adjacent to an activating group) is 1. The smallest absolute Gasteiger partial charge is 0.317 e. The number of nitrogens with zero attached hydrogens (tertiary/aromatic N) is 1. The fraction of sp³-hybridized carbons (Fsp3) is 0.300. The Morgan fingerprint density at radius 2 is 2.36 bits per heavy atom. The molecule has 1 saturated heterocycles. The van der Waals surface area contributed by atoms with E-state index in [1.807, 2.05) is 6.07 Å². The van der Waals surface area contributed by atoms with Crippen molar-refractivity contribution in [3.05, 3.63) is 29.8 Å². The van der Waals surface area contributed by atoms with E-state index in [4.69, 9.17) is 0 Å². The van der Waals surface area contributed by atoms with Crippen LogP contribution in [0.25, 0.3) is 0 Å². The second-order valence-electron chi connectivity index (χ2n) is 3.41. The molecule has 1 aliphatic rings. The van der Waals surface area contributed by atoms with Crippen LogP contribution in [0.2, 0.25) is 0 Å². The molecule has 0 bridgehead atoms. The summed E-state index contributed by atoms with van der Waals surface area (Å²) < 4.78 is 0. The van der Waals surface area contributed by atoms with E-state index in [0.29, 0.717) is 6.54 Å². The summed E-state index contributed by atoms with van der Waals surface area (Å²) in [4.78, 5) is 12.8. The van der Waals surface area contributed by atoms with Gasteiger partial charge < -0.3 is 15.3 Å². The third-order valence-electron chi connectivity index (χ3n) is 2.49. The standard InChI is InChI=1S/C10H12N2O2/c1-12-9(6-11-10(12)14)7-3-2-4-8(13)5-7/h2-5,9,13H,6H2,1H3,(H,11,14). The molecule has 1 aromatic rings. The lowest BCUT2D eigenvalue weighted by atomic mass is 10.1. The van der Waals surface area contributed by atoms with E-state index < -0.39 is 0 Å². The van der Waals surface area contributed by atoms with Crippen molar-refractivity contribution in [1.82, 2.24) is 10.2 Å². The number of urea groups is 1. The zero-order valence-electron chi connectivity index (χ0n) is 7.90. The van der Waals surface area contributed by atoms with Gasteiger partial charge in [-0.3, -0.25) is 0 Å². The monoisotopic (exact) mass is 192 g/mol. The van der Waals surface area contributed by atoms with Crippen LogP contribution >= 0.6 is 0 Å². The van der Waals surface area contributed by atoms with Crippen molar-refractivity contribution >= 4 is 6.03 Å². The van der Waals surface area contributed by atoms with Gasteiger partial charge in [0.25, 0.3) is 0 Å². The maximum atomic E-state index is 11.2. The predicted octanol–water partition coefficient (Wildman–Crippen LogP) is 1.09. The van der Waals surface area contributed by atoms with Crippen LogP contribution in [-0.2, 0) is 0 Å². The molecule has 2 N–H and O–H groups in total. The van der Waals surface area contributed by atoms with Crippen molar-refractivity contribution in [1.29, 1.82) is 0 Å². The van der Waals surface area contributed by atoms with E-state index in [1.54, 1.807) is 30.1 Å². The summed E-state index contributed by atoms with van der Waals surface area (Å²) >= 11 is 0. The highest BCUT2D eigenvalue weighted by molar-refractivity contribution is 5.76. The predicted molar refractivity (Wildman–Crippen MR) is 52.0 cm³/mol. The lowest BCUT2D eigenvalue weighted by Crippen LogP contribution is -2.25. The number of benzene rings is 1. The summed E-state index contributed by atoms with van der Waals surface area (Å²) in [6, 6.07) is 6.94. The van der Waals surface area contributed by atoms with Gasteiger partial charge in [-0.25, -0.2) is 4.79 Å². The summed E-state index contributed by atoms with van der Waals surface area (Å²) in [5.74, 6) is 0.232. The Morgan fingerprint density at radius 3 is 2.93 bits per heavy atom. The molecule has 4 heteroatoms. The second-order valence-corrected chi connectivity index (χ2v) is 3.41. The fourth-order valence-electron chi connectivity index (χ4n) is 1.66. The molecule has 1 aliphatic heterocycles. The molecular weight excluding hydrogens is 180 g/mol. The van der Waals surface area contributed by atoms with Crippen molar-refractivity contribution in [2.45, 2.75) is 6.04 Å². The summed E-state index contributed by atoms with van der Waals surface area (Å²) in [5.41, 5.74) is 0.950. The Morgan fingerprint density at radius 1 is 1.57 bits per heavy atom. The number of nitrogens with one attached hydrogen (secondary N) is 1. The minimum atomic E-state index is -0.0710. The fourth-order valence-corrected chi connectivity index (χ4v) is 1.66. The van der Waals surface area contributed by atoms with Crippen LogP contribution < -0.4 is 5.32 Å². The van der Waals surface area contributed by atoms with Gasteiger partial charge in [0.05, 0.1) is 6.04 Å². The van der Waals surface area contributed by atoms with Crippen LogP contribution in [0, 0.1) is 0 Å². The quantitative estimate of drug-likeness (QED) is 0.699. The van der Waals surface area contributed by atoms with Crippen molar-refractivity contribution in [3.63, 3.8) is 0 Å². The number of aromatic hydroxyl groups is 1. The van der Waals surface area contributed by atoms with Gasteiger partial charge in [-0.1, -0.05) is 12.1 Å². The van der Waals surface area contributed by atoms with Crippen molar-refractivity contribution in [2.75, 3.05) is 13.6 Å². The number of rotatable bonds is 1. The molecule has 0 aromatic heterocycles. The molecule has 0 spiro atoms. The first kappa shape index (κ1) is 8.87. The van der Waals surface area contributed by atoms with Gasteiger partial charge in [0.15, 0.2) is 0 Å². The highest BCUT2D eigenvalue weighted by atomic mass is 16.3. The number of phenolic OH excluding ortho intramolecular Hbond substituents is 1. The highest BCUT2D eigenvalue weighted by Crippen LogP contribution is 2.25. The topological polar surface area (TPSA) is 52.6 Å². The van der Waals surface area contributed by atoms with Crippen LogP contribution in [0.15, 0.2) is 24.3 Å². The average molecular weight is 192 g/mol. The lowest BCUT2D eigenvalue weighted by Gasteiger charge is -2.18. The van der Waals surface area contributed by atoms with E-state index in [1.165, 1.54) is 0 Å². The second kappa shape index (κ2) is 3.21. The zero-order valence-corrected chi connectivity index (χ0v) is 7.90. The van der Waals surface area contributed by atoms with Gasteiger partial charge >= 0.3 is 6.03 Å². The normalized spacial score (nSPS) is 21.1. The van der Waals surface area contributed by atoms with Gasteiger partial charge in [0.1, 0.15) is 5.75 Å². The molecule has 0 radical (unpaired) electrons. The van der Waals surface area contributed by atoms with Crippen LogP contribution in [-0.4, -0.2) is 29.6 Å². The van der Waals surface area contributed by atoms with Gasteiger partial charge in [0, 0.05) is 13.6 Å². The Bertz CT molecular complexity index is 365. The van der Waals surface area contributed by atoms with E-state index in [2.05, 4.69) is 5.32 Å². The molecule has 1 fully saturated rings. The molecule has 2 rings (SSSR count). The van der Waals surface area contributed by atoms with E-state index in [-0.39, 0.29) is 17.8 Å². The lowest BCUT2D eigenvalue weighted by molar-refractivity contribution is 0.216. The molecule has 1 atom stereocenters. The number of carbonyl (C=O) groups is 1. The van der Waals surface area contributed by atoms with E-state index in [9.17, 15) is 9.90 Å². The molecular formula is C10H12N2O2. The number of phenols is 1. The number of amides is 2. The first-order chi connectivity index (χ1) is 6.68. The van der Waals surface area contributed by atoms with Crippen LogP contribution in [0.3, 0.4) is 0 Å². The van der Waals surface area contributed by atoms with Crippen molar-refractivity contribution in [2.24, 2.45) is 0 Å². The highest BCUT2D eigenvalue weighted by Gasteiger charge is 2.28. The molecule has 1 aromatic carbocycles. The number of hydrogen-bond acceptors (Lipinski definition) is 2. The number of carbonyl (C=O) groups excluding carboxylic acids is 1. The van der Waals surface area contributed by atoms with Gasteiger partial charge in [0.2, 0.25) is 0 Å². The van der Waals surface area contributed by atoms with Crippen molar-refractivity contribution in [3.8, 4) is 5.75 Å². The van der Waals surface area contributed by atoms with Crippen LogP contribution in [0.4, 0.5) is 4.79 Å². The maximum Gasteiger partial charge on any atom is 0.317 e. The third kappa shape index (κ3) is 1.39. The summed E-state index contributed by atoms with van der Waals surface area (Å²) in [7, 11) is 1.75. The van der Waals surface area contributed by atoms with E-state index in [0.717, 1.165) is 5.56 Å². The van der Waals surface area contributed by atoms with Gasteiger partial charge in [-0.05, 0) is 17.7 Å². The minimum absolute atomic E-state index is 0.0228. The molecule has 1 unspecified atom stereocenters. The molecule has 74 valence electrons. The van der Waals surface area contributed by atoms with Gasteiger partial charge in [-0.15, -0.1) is 0 Å². The summed E-state index contributed by atoms with van der Waals surface area (Å²) in [6.45, 7) is 0.596. The number of hydrogen-bond donors (Lipinski definition) is 2. The van der Waals surface area contributed by atoms with E-state index >= 15 is 0 Å². The molecule has 4 nitrogen and oxygen atoms in total. The summed E-state index contributed by atoms with van der Waals surface area (Å²) in [5, 5.41) is 12.0. The Labute approximate surface area is 82.2 Å². The van der Waals surface area contributed by atoms with Crippen LogP contribution in [0.1, 0.15) is 11.6 Å². The molecule has 0 saturated carbocycles. The zero-order chi connectivity index (χ0) is 10.1. The molecule has 2 amide bonds. The van der Waals surface area contributed by atoms with Crippen LogP contribution in [0.5, 0.6) is 5.75 Å².